The van der Waals surface area contributed by atoms with Crippen molar-refractivity contribution in [3.05, 3.63) is 35.5 Å². The molecule has 0 rings (SSSR count). The van der Waals surface area contributed by atoms with Crippen LogP contribution in [0, 0.1) is 0 Å². The molecule has 0 radical (unpaired) electrons. The van der Waals surface area contributed by atoms with Gasteiger partial charge in [0.25, 0.3) is 0 Å². The van der Waals surface area contributed by atoms with E-state index in [0.717, 1.165) is 38.5 Å². The van der Waals surface area contributed by atoms with Gasteiger partial charge in [-0.3, -0.25) is 0 Å². The molecular formula is C20H36O. The van der Waals surface area contributed by atoms with Gasteiger partial charge in [0.1, 0.15) is 0 Å². The molecule has 0 aliphatic heterocycles. The van der Waals surface area contributed by atoms with Gasteiger partial charge in [-0.15, -0.1) is 6.58 Å². The summed E-state index contributed by atoms with van der Waals surface area (Å²) in [7, 11) is 0. The molecule has 1 unspecified atom stereocenters. The lowest BCUT2D eigenvalue weighted by molar-refractivity contribution is 0.0480. The van der Waals surface area contributed by atoms with E-state index >= 15 is 0 Å². The molecule has 0 fully saturated rings. The molecule has 0 heterocycles. The third kappa shape index (κ3) is 12.6. The Balaban J connectivity index is 3.91. The second-order valence-corrected chi connectivity index (χ2v) is 6.84. The summed E-state index contributed by atoms with van der Waals surface area (Å²) >= 11 is 0. The number of rotatable bonds is 11. The van der Waals surface area contributed by atoms with Gasteiger partial charge in [-0.25, -0.2) is 0 Å². The molecule has 0 spiro atoms. The van der Waals surface area contributed by atoms with E-state index in [9.17, 15) is 5.11 Å². The molecule has 1 atom stereocenters. The van der Waals surface area contributed by atoms with E-state index in [1.54, 1.807) is 0 Å². The second kappa shape index (κ2) is 10.8. The standard InChI is InChI=1S/C20H36O/c1-7-20(6,21)16-10-15-19(5)14-9-13-18(4)12-8-11-17(2)3/h13,15,21H,2,7-12,14,16H2,1,3-6H3. The third-order valence-electron chi connectivity index (χ3n) is 4.14. The van der Waals surface area contributed by atoms with E-state index in [1.807, 2.05) is 13.8 Å². The summed E-state index contributed by atoms with van der Waals surface area (Å²) in [6, 6.07) is 0. The SMILES string of the molecule is C=C(C)CCCC(C)=CCCC(C)=CCCC(C)(O)CC. The van der Waals surface area contributed by atoms with Gasteiger partial charge in [-0.1, -0.05) is 35.8 Å². The highest BCUT2D eigenvalue weighted by Gasteiger charge is 2.15. The maximum Gasteiger partial charge on any atom is 0.0620 e. The molecule has 0 saturated heterocycles. The Bertz CT molecular complexity index is 358. The largest absolute Gasteiger partial charge is 0.390 e. The summed E-state index contributed by atoms with van der Waals surface area (Å²) in [5.74, 6) is 0. The summed E-state index contributed by atoms with van der Waals surface area (Å²) in [6.07, 6.45) is 13.1. The van der Waals surface area contributed by atoms with Crippen LogP contribution in [0.2, 0.25) is 0 Å². The van der Waals surface area contributed by atoms with Crippen LogP contribution in [0.4, 0.5) is 0 Å². The molecule has 0 saturated carbocycles. The van der Waals surface area contributed by atoms with Gasteiger partial charge in [-0.05, 0) is 79.1 Å². The number of hydrogen-bond acceptors (Lipinski definition) is 1. The minimum Gasteiger partial charge on any atom is -0.390 e. The predicted octanol–water partition coefficient (Wildman–Crippen LogP) is 6.35. The van der Waals surface area contributed by atoms with E-state index in [1.165, 1.54) is 29.6 Å². The van der Waals surface area contributed by atoms with Crippen LogP contribution in [-0.4, -0.2) is 10.7 Å². The maximum absolute atomic E-state index is 9.96. The summed E-state index contributed by atoms with van der Waals surface area (Å²) in [5, 5.41) is 9.96. The highest BCUT2D eigenvalue weighted by atomic mass is 16.3. The van der Waals surface area contributed by atoms with Gasteiger partial charge in [0.2, 0.25) is 0 Å². The number of hydrogen-bond donors (Lipinski definition) is 1. The Morgan fingerprint density at radius 3 is 2.14 bits per heavy atom. The van der Waals surface area contributed by atoms with Crippen molar-refractivity contribution < 1.29 is 5.11 Å². The molecular weight excluding hydrogens is 256 g/mol. The molecule has 0 aromatic heterocycles. The first-order chi connectivity index (χ1) is 9.76. The molecule has 0 aromatic rings. The first-order valence-electron chi connectivity index (χ1n) is 8.45. The van der Waals surface area contributed by atoms with Crippen LogP contribution in [0.5, 0.6) is 0 Å². The quantitative estimate of drug-likeness (QED) is 0.440. The normalized spacial score (nSPS) is 15.9. The predicted molar refractivity (Wildman–Crippen MR) is 95.6 cm³/mol. The Kier molecular flexibility index (Phi) is 10.4. The summed E-state index contributed by atoms with van der Waals surface area (Å²) in [5.41, 5.74) is 3.71. The van der Waals surface area contributed by atoms with E-state index in [4.69, 9.17) is 0 Å². The Morgan fingerprint density at radius 2 is 1.57 bits per heavy atom. The average molecular weight is 293 g/mol. The van der Waals surface area contributed by atoms with Crippen molar-refractivity contribution in [2.24, 2.45) is 0 Å². The molecule has 1 nitrogen and oxygen atoms in total. The lowest BCUT2D eigenvalue weighted by atomic mass is 9.96. The zero-order valence-corrected chi connectivity index (χ0v) is 15.0. The number of allylic oxidation sites excluding steroid dienone is 5. The zero-order valence-electron chi connectivity index (χ0n) is 15.0. The first kappa shape index (κ1) is 20.2. The maximum atomic E-state index is 9.96. The third-order valence-corrected chi connectivity index (χ3v) is 4.14. The van der Waals surface area contributed by atoms with Gasteiger partial charge < -0.3 is 5.11 Å². The van der Waals surface area contributed by atoms with Crippen molar-refractivity contribution in [1.82, 2.24) is 0 Å². The van der Waals surface area contributed by atoms with Crippen molar-refractivity contribution in [1.29, 1.82) is 0 Å². The van der Waals surface area contributed by atoms with Gasteiger partial charge in [0.15, 0.2) is 0 Å². The Hall–Kier alpha value is -0.820. The molecule has 0 bridgehead atoms. The van der Waals surface area contributed by atoms with Crippen LogP contribution >= 0.6 is 0 Å². The van der Waals surface area contributed by atoms with Crippen LogP contribution < -0.4 is 0 Å². The first-order valence-corrected chi connectivity index (χ1v) is 8.45. The summed E-state index contributed by atoms with van der Waals surface area (Å²) in [4.78, 5) is 0. The highest BCUT2D eigenvalue weighted by molar-refractivity contribution is 5.04. The molecule has 1 N–H and O–H groups in total. The van der Waals surface area contributed by atoms with Gasteiger partial charge in [-0.2, -0.15) is 0 Å². The summed E-state index contributed by atoms with van der Waals surface area (Å²) < 4.78 is 0. The monoisotopic (exact) mass is 292 g/mol. The lowest BCUT2D eigenvalue weighted by Crippen LogP contribution is -2.21. The average Bonchev–Trinajstić information content (AvgIpc) is 2.38. The van der Waals surface area contributed by atoms with E-state index < -0.39 is 5.60 Å². The van der Waals surface area contributed by atoms with Crippen molar-refractivity contribution in [3.8, 4) is 0 Å². The van der Waals surface area contributed by atoms with Gasteiger partial charge in [0, 0.05) is 0 Å². The molecule has 122 valence electrons. The van der Waals surface area contributed by atoms with Crippen molar-refractivity contribution in [2.45, 2.75) is 91.6 Å². The van der Waals surface area contributed by atoms with Crippen molar-refractivity contribution in [2.75, 3.05) is 0 Å². The van der Waals surface area contributed by atoms with E-state index in [0.29, 0.717) is 0 Å². The molecule has 0 amide bonds. The van der Waals surface area contributed by atoms with E-state index in [-0.39, 0.29) is 0 Å². The second-order valence-electron chi connectivity index (χ2n) is 6.84. The smallest absolute Gasteiger partial charge is 0.0620 e. The van der Waals surface area contributed by atoms with Crippen LogP contribution in [0.25, 0.3) is 0 Å². The molecule has 0 aliphatic carbocycles. The fourth-order valence-electron chi connectivity index (χ4n) is 2.23. The fourth-order valence-corrected chi connectivity index (χ4v) is 2.23. The molecule has 0 aliphatic rings. The van der Waals surface area contributed by atoms with Crippen molar-refractivity contribution >= 4 is 0 Å². The minimum atomic E-state index is -0.503. The van der Waals surface area contributed by atoms with Crippen LogP contribution in [0.15, 0.2) is 35.5 Å². The fraction of sp³-hybridized carbons (Fsp3) is 0.700. The van der Waals surface area contributed by atoms with Crippen LogP contribution in [0.3, 0.4) is 0 Å². The van der Waals surface area contributed by atoms with Gasteiger partial charge >= 0.3 is 0 Å². The highest BCUT2D eigenvalue weighted by Crippen LogP contribution is 2.18. The molecule has 21 heavy (non-hydrogen) atoms. The van der Waals surface area contributed by atoms with Crippen LogP contribution in [-0.2, 0) is 0 Å². The van der Waals surface area contributed by atoms with Crippen LogP contribution in [0.1, 0.15) is 86.0 Å². The zero-order chi connectivity index (χ0) is 16.3. The number of aliphatic hydroxyl groups is 1. The molecule has 1 heteroatoms. The van der Waals surface area contributed by atoms with E-state index in [2.05, 4.69) is 39.5 Å². The molecule has 0 aromatic carbocycles. The van der Waals surface area contributed by atoms with Gasteiger partial charge in [0.05, 0.1) is 5.60 Å². The Morgan fingerprint density at radius 1 is 1.00 bits per heavy atom. The minimum absolute atomic E-state index is 0.503. The van der Waals surface area contributed by atoms with Crippen molar-refractivity contribution in [3.63, 3.8) is 0 Å². The summed E-state index contributed by atoms with van der Waals surface area (Å²) in [6.45, 7) is 14.4. The topological polar surface area (TPSA) is 20.2 Å². The lowest BCUT2D eigenvalue weighted by Gasteiger charge is -2.20. The Labute approximate surface area is 132 Å².